The van der Waals surface area contributed by atoms with Crippen molar-refractivity contribution in [3.63, 3.8) is 0 Å². The molecule has 0 aromatic carbocycles. The van der Waals surface area contributed by atoms with E-state index in [0.29, 0.717) is 6.61 Å². The first-order chi connectivity index (χ1) is 8.76. The molecule has 0 unspecified atom stereocenters. The molecule has 0 aliphatic carbocycles. The summed E-state index contributed by atoms with van der Waals surface area (Å²) in [5.74, 6) is -1.67. The van der Waals surface area contributed by atoms with E-state index in [1.54, 1.807) is 0 Å². The van der Waals surface area contributed by atoms with E-state index >= 15 is 0 Å². The highest BCUT2D eigenvalue weighted by atomic mass is 35.5. The fourth-order valence-corrected chi connectivity index (χ4v) is 2.29. The fourth-order valence-electron chi connectivity index (χ4n) is 1.58. The van der Waals surface area contributed by atoms with Crippen LogP contribution in [0.2, 0.25) is 25.7 Å². The van der Waals surface area contributed by atoms with Crippen molar-refractivity contribution < 1.29 is 19.1 Å². The Kier molecular flexibility index (Phi) is 7.11. The Morgan fingerprint density at radius 2 is 1.80 bits per heavy atom. The molecule has 0 fully saturated rings. The van der Waals surface area contributed by atoms with Gasteiger partial charge in [-0.15, -0.1) is 12.4 Å². The lowest BCUT2D eigenvalue weighted by molar-refractivity contribution is -0.156. The number of esters is 1. The zero-order chi connectivity index (χ0) is 14.6. The summed E-state index contributed by atoms with van der Waals surface area (Å²) >= 11 is 0. The van der Waals surface area contributed by atoms with Crippen LogP contribution in [0, 0.1) is 0 Å². The first-order valence-electron chi connectivity index (χ1n) is 6.18. The van der Waals surface area contributed by atoms with Crippen molar-refractivity contribution in [1.82, 2.24) is 4.90 Å². The Morgan fingerprint density at radius 1 is 1.30 bits per heavy atom. The van der Waals surface area contributed by atoms with Crippen LogP contribution in [0.1, 0.15) is 0 Å². The highest BCUT2D eigenvalue weighted by Crippen LogP contribution is 2.12. The van der Waals surface area contributed by atoms with Gasteiger partial charge >= 0.3 is 5.97 Å². The first-order valence-corrected chi connectivity index (χ1v) is 9.89. The number of halogens is 1. The van der Waals surface area contributed by atoms with Gasteiger partial charge in [0.2, 0.25) is 0 Å². The number of hydrogen-bond donors (Lipinski definition) is 1. The highest BCUT2D eigenvalue weighted by molar-refractivity contribution is 6.76. The molecule has 2 amide bonds. The maximum atomic E-state index is 11.9. The summed E-state index contributed by atoms with van der Waals surface area (Å²) in [5.41, 5.74) is 5.47. The SMILES string of the molecule is C[Si](C)(C)CCOC(=O)[C@H](CN)N1C(=O)C=CC1=O.Cl. The second kappa shape index (κ2) is 7.56. The molecule has 0 saturated carbocycles. The van der Waals surface area contributed by atoms with Gasteiger partial charge < -0.3 is 10.5 Å². The third kappa shape index (κ3) is 5.07. The van der Waals surface area contributed by atoms with Crippen LogP contribution < -0.4 is 5.73 Å². The molecule has 1 aliphatic heterocycles. The van der Waals surface area contributed by atoms with Crippen LogP contribution in [0.5, 0.6) is 0 Å². The molecular formula is C12H21ClN2O4Si. The van der Waals surface area contributed by atoms with Crippen LogP contribution >= 0.6 is 12.4 Å². The van der Waals surface area contributed by atoms with Gasteiger partial charge in [0.25, 0.3) is 11.8 Å². The van der Waals surface area contributed by atoms with Crippen LogP contribution in [0.25, 0.3) is 0 Å². The summed E-state index contributed by atoms with van der Waals surface area (Å²) < 4.78 is 5.12. The van der Waals surface area contributed by atoms with Gasteiger partial charge in [-0.2, -0.15) is 0 Å². The van der Waals surface area contributed by atoms with E-state index < -0.39 is 31.9 Å². The molecule has 114 valence electrons. The summed E-state index contributed by atoms with van der Waals surface area (Å²) in [6, 6.07) is -0.201. The molecule has 6 nitrogen and oxygen atoms in total. The predicted molar refractivity (Wildman–Crippen MR) is 80.2 cm³/mol. The van der Waals surface area contributed by atoms with E-state index in [1.165, 1.54) is 0 Å². The molecule has 1 aliphatic rings. The minimum atomic E-state index is -1.30. The Balaban J connectivity index is 0.00000361. The Hall–Kier alpha value is -1.18. The third-order valence-electron chi connectivity index (χ3n) is 2.75. The largest absolute Gasteiger partial charge is 0.464 e. The normalized spacial score (nSPS) is 16.1. The van der Waals surface area contributed by atoms with Gasteiger partial charge in [0.1, 0.15) is 6.04 Å². The van der Waals surface area contributed by atoms with Gasteiger partial charge in [-0.25, -0.2) is 4.79 Å². The number of rotatable bonds is 6. The van der Waals surface area contributed by atoms with Crippen LogP contribution in [-0.4, -0.2) is 50.0 Å². The average Bonchev–Trinajstić information content (AvgIpc) is 2.60. The van der Waals surface area contributed by atoms with Crippen molar-refractivity contribution in [2.45, 2.75) is 31.7 Å². The summed E-state index contributed by atoms with van der Waals surface area (Å²) in [6.07, 6.45) is 2.25. The van der Waals surface area contributed by atoms with Crippen molar-refractivity contribution in [3.05, 3.63) is 12.2 Å². The standard InChI is InChI=1S/C12H20N2O4Si.ClH/c1-19(2,3)7-6-18-12(17)9(8-13)14-10(15)4-5-11(14)16;/h4-5,9H,6-8,13H2,1-3H3;1H/t9-;/m0./s1. The van der Waals surface area contributed by atoms with Crippen molar-refractivity contribution in [2.75, 3.05) is 13.2 Å². The zero-order valence-electron chi connectivity index (χ0n) is 11.9. The quantitative estimate of drug-likeness (QED) is 0.438. The van der Waals surface area contributed by atoms with E-state index in [4.69, 9.17) is 10.5 Å². The maximum absolute atomic E-state index is 11.9. The molecule has 0 aromatic rings. The van der Waals surface area contributed by atoms with E-state index in [-0.39, 0.29) is 19.0 Å². The minimum absolute atomic E-state index is 0. The number of amides is 2. The highest BCUT2D eigenvalue weighted by Gasteiger charge is 2.36. The summed E-state index contributed by atoms with van der Waals surface area (Å²) in [5, 5.41) is 0. The summed E-state index contributed by atoms with van der Waals surface area (Å²) in [4.78, 5) is 35.7. The summed E-state index contributed by atoms with van der Waals surface area (Å²) in [7, 11) is -1.30. The van der Waals surface area contributed by atoms with Crippen LogP contribution in [-0.2, 0) is 19.1 Å². The molecular weight excluding hydrogens is 300 g/mol. The zero-order valence-corrected chi connectivity index (χ0v) is 13.7. The maximum Gasteiger partial charge on any atom is 0.330 e. The monoisotopic (exact) mass is 320 g/mol. The van der Waals surface area contributed by atoms with Crippen LogP contribution in [0.15, 0.2) is 12.2 Å². The Bertz CT molecular complexity index is 402. The van der Waals surface area contributed by atoms with Crippen molar-refractivity contribution in [1.29, 1.82) is 0 Å². The predicted octanol–water partition coefficient (Wildman–Crippen LogP) is 0.542. The number of nitrogens with zero attached hydrogens (tertiary/aromatic N) is 1. The molecule has 0 aromatic heterocycles. The van der Waals surface area contributed by atoms with Crippen molar-refractivity contribution in [3.8, 4) is 0 Å². The Labute approximate surface area is 125 Å². The number of ether oxygens (including phenoxy) is 1. The Morgan fingerprint density at radius 3 is 2.20 bits per heavy atom. The number of carbonyl (C=O) groups is 3. The van der Waals surface area contributed by atoms with Gasteiger partial charge in [0.05, 0.1) is 6.61 Å². The van der Waals surface area contributed by atoms with E-state index in [9.17, 15) is 14.4 Å². The van der Waals surface area contributed by atoms with Gasteiger partial charge in [0.15, 0.2) is 0 Å². The molecule has 8 heteroatoms. The topological polar surface area (TPSA) is 89.7 Å². The smallest absolute Gasteiger partial charge is 0.330 e. The van der Waals surface area contributed by atoms with Gasteiger partial charge in [-0.1, -0.05) is 19.6 Å². The van der Waals surface area contributed by atoms with E-state index in [1.807, 2.05) is 0 Å². The van der Waals surface area contributed by atoms with E-state index in [2.05, 4.69) is 19.6 Å². The van der Waals surface area contributed by atoms with Gasteiger partial charge in [-0.3, -0.25) is 14.5 Å². The van der Waals surface area contributed by atoms with Crippen LogP contribution in [0.3, 0.4) is 0 Å². The average molecular weight is 321 g/mol. The lowest BCUT2D eigenvalue weighted by atomic mass is 10.2. The number of imide groups is 1. The molecule has 20 heavy (non-hydrogen) atoms. The summed E-state index contributed by atoms with van der Waals surface area (Å²) in [6.45, 7) is 6.66. The minimum Gasteiger partial charge on any atom is -0.464 e. The molecule has 2 N–H and O–H groups in total. The fraction of sp³-hybridized carbons (Fsp3) is 0.583. The molecule has 0 radical (unpaired) electrons. The lowest BCUT2D eigenvalue weighted by Crippen LogP contribution is -2.50. The number of carbonyl (C=O) groups excluding carboxylic acids is 3. The molecule has 1 heterocycles. The van der Waals surface area contributed by atoms with Gasteiger partial charge in [-0.05, 0) is 6.04 Å². The van der Waals surface area contributed by atoms with Crippen molar-refractivity contribution in [2.24, 2.45) is 5.73 Å². The molecule has 0 spiro atoms. The molecule has 0 saturated heterocycles. The molecule has 1 rings (SSSR count). The second-order valence-corrected chi connectivity index (χ2v) is 11.2. The second-order valence-electron chi connectivity index (χ2n) is 5.61. The molecule has 0 bridgehead atoms. The van der Waals surface area contributed by atoms with E-state index in [0.717, 1.165) is 23.1 Å². The van der Waals surface area contributed by atoms with Crippen molar-refractivity contribution >= 4 is 38.3 Å². The molecule has 1 atom stereocenters. The van der Waals surface area contributed by atoms with Crippen LogP contribution in [0.4, 0.5) is 0 Å². The number of hydrogen-bond acceptors (Lipinski definition) is 5. The number of nitrogens with two attached hydrogens (primary N) is 1. The lowest BCUT2D eigenvalue weighted by Gasteiger charge is -2.23. The first kappa shape index (κ1) is 18.8. The third-order valence-corrected chi connectivity index (χ3v) is 4.45. The van der Waals surface area contributed by atoms with Gasteiger partial charge in [0, 0.05) is 26.8 Å².